The number of aryl methyl sites for hydroxylation is 1. The quantitative estimate of drug-likeness (QED) is 0.550. The van der Waals surface area contributed by atoms with Gasteiger partial charge in [-0.2, -0.15) is 0 Å². The van der Waals surface area contributed by atoms with E-state index >= 15 is 0 Å². The molecule has 0 aliphatic carbocycles. The summed E-state index contributed by atoms with van der Waals surface area (Å²) in [6.07, 6.45) is 5.79. The van der Waals surface area contributed by atoms with Crippen LogP contribution in [0.3, 0.4) is 0 Å². The van der Waals surface area contributed by atoms with Crippen molar-refractivity contribution in [1.29, 1.82) is 0 Å². The minimum Gasteiger partial charge on any atom is -0.271 e. The Morgan fingerprint density at radius 1 is 1.50 bits per heavy atom. The van der Waals surface area contributed by atoms with Crippen LogP contribution < -0.4 is 11.3 Å². The van der Waals surface area contributed by atoms with Crippen LogP contribution in [0.2, 0.25) is 0 Å². The summed E-state index contributed by atoms with van der Waals surface area (Å²) in [4.78, 5) is 4.08. The molecule has 78 valence electrons. The largest absolute Gasteiger partial charge is 0.271 e. The summed E-state index contributed by atoms with van der Waals surface area (Å²) >= 11 is 0. The van der Waals surface area contributed by atoms with Crippen molar-refractivity contribution in [1.82, 2.24) is 10.4 Å². The highest BCUT2D eigenvalue weighted by Crippen LogP contribution is 2.09. The van der Waals surface area contributed by atoms with Crippen LogP contribution in [0.4, 0.5) is 0 Å². The number of nitrogens with two attached hydrogens (primary N) is 1. The molecule has 1 aromatic heterocycles. The molecule has 0 saturated carbocycles. The topological polar surface area (TPSA) is 50.9 Å². The molecule has 0 spiro atoms. The minimum atomic E-state index is 0.384. The van der Waals surface area contributed by atoms with E-state index in [2.05, 4.69) is 30.3 Å². The average Bonchev–Trinajstić information content (AvgIpc) is 2.20. The highest BCUT2D eigenvalue weighted by atomic mass is 15.2. The molecule has 0 bridgehead atoms. The molecule has 14 heavy (non-hydrogen) atoms. The van der Waals surface area contributed by atoms with Crippen LogP contribution in [-0.4, -0.2) is 11.0 Å². The van der Waals surface area contributed by atoms with Gasteiger partial charge in [-0.1, -0.05) is 19.9 Å². The number of nitrogens with zero attached hydrogens (tertiary/aromatic N) is 1. The normalized spacial score (nSPS) is 13.1. The standard InChI is InChI=1S/C11H19N3/c1-9(2)11(14-12)6-5-10-4-3-7-13-8-10/h3-4,7-9,11,14H,5-6,12H2,1-2H3. The Labute approximate surface area is 85.7 Å². The van der Waals surface area contributed by atoms with Crippen LogP contribution in [0.1, 0.15) is 25.8 Å². The molecule has 0 aliphatic rings. The first-order valence-corrected chi connectivity index (χ1v) is 5.09. The smallest absolute Gasteiger partial charge is 0.0299 e. The Morgan fingerprint density at radius 2 is 2.29 bits per heavy atom. The molecule has 0 saturated heterocycles. The van der Waals surface area contributed by atoms with Gasteiger partial charge in [-0.05, 0) is 30.4 Å². The van der Waals surface area contributed by atoms with Crippen molar-refractivity contribution in [3.8, 4) is 0 Å². The molecule has 1 atom stereocenters. The van der Waals surface area contributed by atoms with Crippen LogP contribution in [0.5, 0.6) is 0 Å². The maximum absolute atomic E-state index is 5.47. The van der Waals surface area contributed by atoms with E-state index in [1.165, 1.54) is 5.56 Å². The molecular weight excluding hydrogens is 174 g/mol. The minimum absolute atomic E-state index is 0.384. The van der Waals surface area contributed by atoms with Crippen molar-refractivity contribution in [3.63, 3.8) is 0 Å². The van der Waals surface area contributed by atoms with Gasteiger partial charge in [0.25, 0.3) is 0 Å². The number of hydrogen-bond donors (Lipinski definition) is 2. The van der Waals surface area contributed by atoms with E-state index in [0.29, 0.717) is 12.0 Å². The molecule has 1 heterocycles. The molecule has 3 nitrogen and oxygen atoms in total. The highest BCUT2D eigenvalue weighted by molar-refractivity contribution is 5.08. The number of nitrogens with one attached hydrogen (secondary N) is 1. The Hall–Kier alpha value is -0.930. The SMILES string of the molecule is CC(C)C(CCc1cccnc1)NN. The van der Waals surface area contributed by atoms with Crippen molar-refractivity contribution in [2.24, 2.45) is 11.8 Å². The summed E-state index contributed by atoms with van der Waals surface area (Å²) < 4.78 is 0. The first-order valence-electron chi connectivity index (χ1n) is 5.09. The fourth-order valence-electron chi connectivity index (χ4n) is 1.48. The van der Waals surface area contributed by atoms with E-state index in [4.69, 9.17) is 5.84 Å². The lowest BCUT2D eigenvalue weighted by Gasteiger charge is -2.19. The van der Waals surface area contributed by atoms with Gasteiger partial charge in [0.15, 0.2) is 0 Å². The molecule has 0 radical (unpaired) electrons. The molecule has 1 aromatic rings. The first kappa shape index (κ1) is 11.1. The Bertz CT molecular complexity index is 246. The summed E-state index contributed by atoms with van der Waals surface area (Å²) in [7, 11) is 0. The molecule has 0 aromatic carbocycles. The van der Waals surface area contributed by atoms with E-state index < -0.39 is 0 Å². The van der Waals surface area contributed by atoms with Gasteiger partial charge in [0.1, 0.15) is 0 Å². The fourth-order valence-corrected chi connectivity index (χ4v) is 1.48. The third kappa shape index (κ3) is 3.44. The lowest BCUT2D eigenvalue weighted by atomic mass is 9.98. The average molecular weight is 193 g/mol. The predicted octanol–water partition coefficient (Wildman–Crippen LogP) is 1.50. The number of hydrazine groups is 1. The zero-order valence-corrected chi connectivity index (χ0v) is 8.90. The van der Waals surface area contributed by atoms with Gasteiger partial charge >= 0.3 is 0 Å². The van der Waals surface area contributed by atoms with Crippen LogP contribution >= 0.6 is 0 Å². The van der Waals surface area contributed by atoms with E-state index in [1.807, 2.05) is 12.3 Å². The monoisotopic (exact) mass is 193 g/mol. The zero-order chi connectivity index (χ0) is 10.4. The molecule has 0 fully saturated rings. The van der Waals surface area contributed by atoms with Gasteiger partial charge in [-0.25, -0.2) is 0 Å². The number of hydrogen-bond acceptors (Lipinski definition) is 3. The summed E-state index contributed by atoms with van der Waals surface area (Å²) in [6, 6.07) is 4.45. The van der Waals surface area contributed by atoms with Gasteiger partial charge in [0, 0.05) is 18.4 Å². The van der Waals surface area contributed by atoms with E-state index in [-0.39, 0.29) is 0 Å². The van der Waals surface area contributed by atoms with Crippen LogP contribution in [0, 0.1) is 5.92 Å². The summed E-state index contributed by atoms with van der Waals surface area (Å²) in [5, 5.41) is 0. The van der Waals surface area contributed by atoms with Crippen LogP contribution in [0.15, 0.2) is 24.5 Å². The molecular formula is C11H19N3. The van der Waals surface area contributed by atoms with E-state index in [9.17, 15) is 0 Å². The third-order valence-electron chi connectivity index (χ3n) is 2.49. The van der Waals surface area contributed by atoms with Gasteiger partial charge in [-0.15, -0.1) is 0 Å². The zero-order valence-electron chi connectivity index (χ0n) is 8.90. The molecule has 0 aliphatic heterocycles. The number of pyridine rings is 1. The van der Waals surface area contributed by atoms with Gasteiger partial charge in [0.05, 0.1) is 0 Å². The highest BCUT2D eigenvalue weighted by Gasteiger charge is 2.10. The van der Waals surface area contributed by atoms with Crippen LogP contribution in [-0.2, 0) is 6.42 Å². The van der Waals surface area contributed by atoms with Crippen molar-refractivity contribution >= 4 is 0 Å². The van der Waals surface area contributed by atoms with Crippen molar-refractivity contribution in [3.05, 3.63) is 30.1 Å². The Balaban J connectivity index is 2.40. The molecule has 3 N–H and O–H groups in total. The van der Waals surface area contributed by atoms with Gasteiger partial charge < -0.3 is 0 Å². The van der Waals surface area contributed by atoms with Crippen LogP contribution in [0.25, 0.3) is 0 Å². The van der Waals surface area contributed by atoms with Gasteiger partial charge in [-0.3, -0.25) is 16.3 Å². The second-order valence-corrected chi connectivity index (χ2v) is 3.92. The summed E-state index contributed by atoms with van der Waals surface area (Å²) in [5.74, 6) is 6.04. The van der Waals surface area contributed by atoms with Crippen molar-refractivity contribution in [2.45, 2.75) is 32.7 Å². The van der Waals surface area contributed by atoms with Crippen molar-refractivity contribution < 1.29 is 0 Å². The molecule has 3 heteroatoms. The lowest BCUT2D eigenvalue weighted by Crippen LogP contribution is -2.39. The second-order valence-electron chi connectivity index (χ2n) is 3.92. The van der Waals surface area contributed by atoms with Crippen molar-refractivity contribution in [2.75, 3.05) is 0 Å². The molecule has 1 rings (SSSR count). The molecule has 1 unspecified atom stereocenters. The summed E-state index contributed by atoms with van der Waals surface area (Å²) in [5.41, 5.74) is 4.12. The van der Waals surface area contributed by atoms with E-state index in [0.717, 1.165) is 12.8 Å². The number of aromatic nitrogens is 1. The first-order chi connectivity index (χ1) is 6.74. The second kappa shape index (κ2) is 5.73. The van der Waals surface area contributed by atoms with Gasteiger partial charge in [0.2, 0.25) is 0 Å². The summed E-state index contributed by atoms with van der Waals surface area (Å²) in [6.45, 7) is 4.35. The Morgan fingerprint density at radius 3 is 2.79 bits per heavy atom. The third-order valence-corrected chi connectivity index (χ3v) is 2.49. The lowest BCUT2D eigenvalue weighted by molar-refractivity contribution is 0.384. The predicted molar refractivity (Wildman–Crippen MR) is 58.5 cm³/mol. The fraction of sp³-hybridized carbons (Fsp3) is 0.545. The molecule has 0 amide bonds. The maximum atomic E-state index is 5.47. The van der Waals surface area contributed by atoms with E-state index in [1.54, 1.807) is 6.20 Å². The maximum Gasteiger partial charge on any atom is 0.0299 e. The Kier molecular flexibility index (Phi) is 4.56. The number of rotatable bonds is 5.